The molecule has 1 aliphatic carbocycles. The molecular formula is C15H19N3O. The van der Waals surface area contributed by atoms with Crippen LogP contribution >= 0.6 is 0 Å². The van der Waals surface area contributed by atoms with E-state index >= 15 is 0 Å². The van der Waals surface area contributed by atoms with Crippen LogP contribution in [0.2, 0.25) is 0 Å². The third-order valence-corrected chi connectivity index (χ3v) is 4.05. The first-order chi connectivity index (χ1) is 9.33. The Kier molecular flexibility index (Phi) is 3.36. The van der Waals surface area contributed by atoms with E-state index < -0.39 is 0 Å². The summed E-state index contributed by atoms with van der Waals surface area (Å²) in [6.45, 7) is 0.951. The van der Waals surface area contributed by atoms with E-state index in [4.69, 9.17) is 0 Å². The van der Waals surface area contributed by atoms with E-state index in [2.05, 4.69) is 27.6 Å². The highest BCUT2D eigenvalue weighted by Gasteiger charge is 2.35. The van der Waals surface area contributed by atoms with Crippen molar-refractivity contribution in [1.82, 2.24) is 15.5 Å². The van der Waals surface area contributed by atoms with Gasteiger partial charge in [-0.1, -0.05) is 30.3 Å². The van der Waals surface area contributed by atoms with Gasteiger partial charge in [-0.15, -0.1) is 0 Å². The zero-order valence-corrected chi connectivity index (χ0v) is 10.9. The Balaban J connectivity index is 1.74. The highest BCUT2D eigenvalue weighted by Crippen LogP contribution is 2.32. The number of H-pyrrole nitrogens is 1. The number of aromatic nitrogens is 2. The number of nitrogens with zero attached hydrogens (tertiary/aromatic N) is 1. The Hall–Kier alpha value is -1.65. The van der Waals surface area contributed by atoms with Crippen molar-refractivity contribution < 1.29 is 5.11 Å². The SMILES string of the molecule is OCC1(NCc2cn[nH]c2-c2ccccc2)CCC1. The molecule has 1 aliphatic rings. The van der Waals surface area contributed by atoms with Crippen LogP contribution in [-0.2, 0) is 6.54 Å². The van der Waals surface area contributed by atoms with Crippen LogP contribution in [0.5, 0.6) is 0 Å². The molecule has 1 aromatic heterocycles. The largest absolute Gasteiger partial charge is 0.394 e. The summed E-state index contributed by atoms with van der Waals surface area (Å²) in [5.74, 6) is 0. The first-order valence-electron chi connectivity index (χ1n) is 6.77. The molecule has 1 saturated carbocycles. The van der Waals surface area contributed by atoms with Crippen LogP contribution in [0.1, 0.15) is 24.8 Å². The fourth-order valence-electron chi connectivity index (χ4n) is 2.58. The number of rotatable bonds is 5. The van der Waals surface area contributed by atoms with Crippen LogP contribution in [0.4, 0.5) is 0 Å². The zero-order chi connectivity index (χ0) is 13.1. The van der Waals surface area contributed by atoms with E-state index in [0.29, 0.717) is 0 Å². The van der Waals surface area contributed by atoms with Gasteiger partial charge >= 0.3 is 0 Å². The van der Waals surface area contributed by atoms with Crippen LogP contribution in [0.15, 0.2) is 36.5 Å². The van der Waals surface area contributed by atoms with Crippen LogP contribution in [0.25, 0.3) is 11.3 Å². The lowest BCUT2D eigenvalue weighted by Gasteiger charge is -2.41. The summed E-state index contributed by atoms with van der Waals surface area (Å²) in [6.07, 6.45) is 5.17. The lowest BCUT2D eigenvalue weighted by molar-refractivity contribution is 0.0872. The van der Waals surface area contributed by atoms with Gasteiger partial charge in [-0.25, -0.2) is 0 Å². The van der Waals surface area contributed by atoms with E-state index in [-0.39, 0.29) is 12.1 Å². The second kappa shape index (κ2) is 5.15. The monoisotopic (exact) mass is 257 g/mol. The Bertz CT molecular complexity index is 526. The second-order valence-corrected chi connectivity index (χ2v) is 5.28. The fraction of sp³-hybridized carbons (Fsp3) is 0.400. The summed E-state index contributed by atoms with van der Waals surface area (Å²) in [5.41, 5.74) is 3.28. The van der Waals surface area contributed by atoms with Gasteiger partial charge in [0.15, 0.2) is 0 Å². The van der Waals surface area contributed by atoms with Crippen molar-refractivity contribution in [2.75, 3.05) is 6.61 Å². The van der Waals surface area contributed by atoms with E-state index in [0.717, 1.165) is 36.2 Å². The molecule has 1 heterocycles. The molecule has 0 aliphatic heterocycles. The molecule has 0 bridgehead atoms. The number of aliphatic hydroxyl groups excluding tert-OH is 1. The van der Waals surface area contributed by atoms with Crippen molar-refractivity contribution in [2.45, 2.75) is 31.3 Å². The minimum atomic E-state index is -0.0643. The minimum Gasteiger partial charge on any atom is -0.394 e. The molecule has 1 fully saturated rings. The number of nitrogens with one attached hydrogen (secondary N) is 2. The standard InChI is InChI=1S/C15H19N3O/c19-11-15(7-4-8-15)16-9-13-10-17-18-14(13)12-5-2-1-3-6-12/h1-3,5-6,10,16,19H,4,7-9,11H2,(H,17,18). The lowest BCUT2D eigenvalue weighted by Crippen LogP contribution is -2.53. The van der Waals surface area contributed by atoms with Gasteiger partial charge in [0.1, 0.15) is 0 Å². The van der Waals surface area contributed by atoms with Crippen molar-refractivity contribution in [3.05, 3.63) is 42.1 Å². The van der Waals surface area contributed by atoms with Crippen LogP contribution < -0.4 is 5.32 Å². The molecule has 4 nitrogen and oxygen atoms in total. The summed E-state index contributed by atoms with van der Waals surface area (Å²) >= 11 is 0. The maximum Gasteiger partial charge on any atom is 0.0695 e. The van der Waals surface area contributed by atoms with Crippen LogP contribution in [0, 0.1) is 0 Å². The molecule has 1 aromatic carbocycles. The number of benzene rings is 1. The van der Waals surface area contributed by atoms with Gasteiger partial charge in [0, 0.05) is 17.6 Å². The molecule has 4 heteroatoms. The summed E-state index contributed by atoms with van der Waals surface area (Å²) in [4.78, 5) is 0. The Morgan fingerprint density at radius 3 is 2.68 bits per heavy atom. The Labute approximate surface area is 112 Å². The maximum atomic E-state index is 9.47. The summed E-state index contributed by atoms with van der Waals surface area (Å²) in [5, 5.41) is 20.2. The summed E-state index contributed by atoms with van der Waals surface area (Å²) < 4.78 is 0. The molecule has 3 N–H and O–H groups in total. The second-order valence-electron chi connectivity index (χ2n) is 5.28. The van der Waals surface area contributed by atoms with E-state index in [1.54, 1.807) is 0 Å². The molecule has 19 heavy (non-hydrogen) atoms. The van der Waals surface area contributed by atoms with Gasteiger partial charge in [-0.05, 0) is 24.8 Å². The van der Waals surface area contributed by atoms with Gasteiger partial charge < -0.3 is 10.4 Å². The molecule has 0 radical (unpaired) electrons. The molecule has 0 saturated heterocycles. The normalized spacial score (nSPS) is 17.1. The van der Waals surface area contributed by atoms with Crippen molar-refractivity contribution in [2.24, 2.45) is 0 Å². The molecule has 100 valence electrons. The fourth-order valence-corrected chi connectivity index (χ4v) is 2.58. The van der Waals surface area contributed by atoms with Gasteiger partial charge in [0.05, 0.1) is 18.5 Å². The molecule has 0 unspecified atom stereocenters. The van der Waals surface area contributed by atoms with E-state index in [1.165, 1.54) is 6.42 Å². The predicted molar refractivity (Wildman–Crippen MR) is 74.5 cm³/mol. The number of aliphatic hydroxyl groups is 1. The number of hydrogen-bond donors (Lipinski definition) is 3. The highest BCUT2D eigenvalue weighted by atomic mass is 16.3. The average Bonchev–Trinajstić information content (AvgIpc) is 2.87. The average molecular weight is 257 g/mol. The van der Waals surface area contributed by atoms with E-state index in [9.17, 15) is 5.11 Å². The van der Waals surface area contributed by atoms with Crippen molar-refractivity contribution in [3.8, 4) is 11.3 Å². The first kappa shape index (κ1) is 12.4. The maximum absolute atomic E-state index is 9.47. The van der Waals surface area contributed by atoms with E-state index in [1.807, 2.05) is 24.4 Å². The highest BCUT2D eigenvalue weighted by molar-refractivity contribution is 5.62. The third-order valence-electron chi connectivity index (χ3n) is 4.05. The number of hydrogen-bond acceptors (Lipinski definition) is 3. The van der Waals surface area contributed by atoms with Crippen LogP contribution in [-0.4, -0.2) is 27.4 Å². The van der Waals surface area contributed by atoms with Gasteiger partial charge in [-0.3, -0.25) is 5.10 Å². The Morgan fingerprint density at radius 1 is 1.26 bits per heavy atom. The molecule has 3 rings (SSSR count). The smallest absolute Gasteiger partial charge is 0.0695 e. The quantitative estimate of drug-likeness (QED) is 0.768. The van der Waals surface area contributed by atoms with Gasteiger partial charge in [-0.2, -0.15) is 5.10 Å². The zero-order valence-electron chi connectivity index (χ0n) is 10.9. The van der Waals surface area contributed by atoms with Gasteiger partial charge in [0.2, 0.25) is 0 Å². The summed E-state index contributed by atoms with van der Waals surface area (Å²) in [7, 11) is 0. The molecule has 0 atom stereocenters. The Morgan fingerprint density at radius 2 is 2.05 bits per heavy atom. The number of aromatic amines is 1. The van der Waals surface area contributed by atoms with Crippen molar-refractivity contribution in [3.63, 3.8) is 0 Å². The molecule has 0 amide bonds. The molecular weight excluding hydrogens is 238 g/mol. The van der Waals surface area contributed by atoms with Crippen molar-refractivity contribution >= 4 is 0 Å². The topological polar surface area (TPSA) is 60.9 Å². The summed E-state index contributed by atoms with van der Waals surface area (Å²) in [6, 6.07) is 10.2. The minimum absolute atomic E-state index is 0.0643. The molecule has 0 spiro atoms. The van der Waals surface area contributed by atoms with Gasteiger partial charge in [0.25, 0.3) is 0 Å². The lowest BCUT2D eigenvalue weighted by atomic mass is 9.77. The van der Waals surface area contributed by atoms with Crippen molar-refractivity contribution in [1.29, 1.82) is 0 Å². The van der Waals surface area contributed by atoms with Crippen LogP contribution in [0.3, 0.4) is 0 Å². The predicted octanol–water partition coefficient (Wildman–Crippen LogP) is 2.08. The third kappa shape index (κ3) is 2.41. The molecule has 2 aromatic rings. The first-order valence-corrected chi connectivity index (χ1v) is 6.77.